The topological polar surface area (TPSA) is 345 Å². The van der Waals surface area contributed by atoms with Gasteiger partial charge in [0.2, 0.25) is 17.7 Å². The molecule has 228 valence electrons. The van der Waals surface area contributed by atoms with Gasteiger partial charge >= 0.3 is 11.9 Å². The third-order valence-corrected chi connectivity index (χ3v) is 5.48. The molecule has 0 saturated heterocycles. The van der Waals surface area contributed by atoms with Gasteiger partial charge in [-0.3, -0.25) is 29.2 Å². The number of hydrogen-bond donors (Lipinski definition) is 11. The maximum atomic E-state index is 13.1. The summed E-state index contributed by atoms with van der Waals surface area (Å²) in [6, 6.07) is -5.42. The van der Waals surface area contributed by atoms with Gasteiger partial charge in [0.25, 0.3) is 0 Å². The molecule has 1 aromatic rings. The van der Waals surface area contributed by atoms with Gasteiger partial charge in [0.05, 0.1) is 18.8 Å². The van der Waals surface area contributed by atoms with E-state index in [1.165, 1.54) is 12.5 Å². The lowest BCUT2D eigenvalue weighted by molar-refractivity contribution is -0.143. The molecule has 0 aliphatic carbocycles. The summed E-state index contributed by atoms with van der Waals surface area (Å²) in [5.74, 6) is -5.87. The van der Waals surface area contributed by atoms with Crippen molar-refractivity contribution >= 4 is 41.6 Å². The van der Waals surface area contributed by atoms with Crippen molar-refractivity contribution in [2.24, 2.45) is 38.7 Å². The van der Waals surface area contributed by atoms with Crippen LogP contribution in [0, 0.1) is 0 Å². The Balaban J connectivity index is 2.99. The molecule has 3 amide bonds. The third-order valence-electron chi connectivity index (χ3n) is 5.48. The number of carbonyl (C=O) groups excluding carboxylic acids is 3. The maximum absolute atomic E-state index is 13.1. The molecule has 19 nitrogen and oxygen atoms in total. The summed E-state index contributed by atoms with van der Waals surface area (Å²) in [6.45, 7) is 0.211. The first-order valence-electron chi connectivity index (χ1n) is 12.5. The van der Waals surface area contributed by atoms with Crippen LogP contribution in [0.1, 0.15) is 37.8 Å². The van der Waals surface area contributed by atoms with E-state index >= 15 is 0 Å². The summed E-state index contributed by atoms with van der Waals surface area (Å²) in [7, 11) is 0. The zero-order valence-corrected chi connectivity index (χ0v) is 22.3. The van der Waals surface area contributed by atoms with Crippen LogP contribution in [0.3, 0.4) is 0 Å². The van der Waals surface area contributed by atoms with Crippen LogP contribution >= 0.6 is 0 Å². The molecule has 16 N–H and O–H groups in total. The Kier molecular flexibility index (Phi) is 14.6. The minimum atomic E-state index is -1.67. The molecule has 0 aliphatic rings. The van der Waals surface area contributed by atoms with Gasteiger partial charge in [-0.25, -0.2) is 9.78 Å². The number of rotatable bonds is 19. The van der Waals surface area contributed by atoms with Gasteiger partial charge in [-0.05, 0) is 25.7 Å². The molecule has 19 heteroatoms. The molecule has 0 saturated carbocycles. The van der Waals surface area contributed by atoms with Crippen molar-refractivity contribution in [1.82, 2.24) is 25.9 Å². The Morgan fingerprint density at radius 3 is 1.83 bits per heavy atom. The summed E-state index contributed by atoms with van der Waals surface area (Å²) in [5.41, 5.74) is 27.6. The van der Waals surface area contributed by atoms with Crippen molar-refractivity contribution < 1.29 is 34.2 Å². The van der Waals surface area contributed by atoms with E-state index in [-0.39, 0.29) is 57.1 Å². The number of hydrogen-bond acceptors (Lipinski definition) is 9. The Morgan fingerprint density at radius 2 is 1.34 bits per heavy atom. The van der Waals surface area contributed by atoms with Gasteiger partial charge in [0.15, 0.2) is 11.9 Å². The Bertz CT molecular complexity index is 1080. The van der Waals surface area contributed by atoms with Gasteiger partial charge in [-0.1, -0.05) is 0 Å². The first-order valence-corrected chi connectivity index (χ1v) is 12.5. The fraction of sp³-hybridized carbons (Fsp3) is 0.545. The van der Waals surface area contributed by atoms with Crippen LogP contribution in [0.5, 0.6) is 0 Å². The molecular formula is C22H38N12O7. The molecule has 1 aromatic heterocycles. The van der Waals surface area contributed by atoms with Crippen molar-refractivity contribution in [3.8, 4) is 0 Å². The zero-order chi connectivity index (χ0) is 30.9. The molecular weight excluding hydrogens is 544 g/mol. The van der Waals surface area contributed by atoms with Crippen molar-refractivity contribution in [3.05, 3.63) is 18.2 Å². The number of aromatic nitrogens is 2. The van der Waals surface area contributed by atoms with E-state index in [1.807, 2.05) is 0 Å². The number of nitrogens with two attached hydrogens (primary N) is 5. The number of imidazole rings is 1. The lowest BCUT2D eigenvalue weighted by atomic mass is 10.1. The lowest BCUT2D eigenvalue weighted by Gasteiger charge is -2.24. The van der Waals surface area contributed by atoms with Gasteiger partial charge in [-0.15, -0.1) is 0 Å². The second kappa shape index (κ2) is 17.6. The monoisotopic (exact) mass is 582 g/mol. The van der Waals surface area contributed by atoms with Crippen LogP contribution in [-0.4, -0.2) is 99.0 Å². The summed E-state index contributed by atoms with van der Waals surface area (Å²) >= 11 is 0. The molecule has 0 aliphatic heterocycles. The second-order valence-electron chi connectivity index (χ2n) is 8.90. The van der Waals surface area contributed by atoms with Crippen LogP contribution in [0.2, 0.25) is 0 Å². The predicted octanol–water partition coefficient (Wildman–Crippen LogP) is -4.60. The number of carboxylic acids is 2. The summed E-state index contributed by atoms with van der Waals surface area (Å²) < 4.78 is 0. The van der Waals surface area contributed by atoms with Gasteiger partial charge in [0.1, 0.15) is 18.1 Å². The highest BCUT2D eigenvalue weighted by Crippen LogP contribution is 2.05. The highest BCUT2D eigenvalue weighted by atomic mass is 16.4. The number of carboxylic acid groups (broad SMARTS) is 2. The molecule has 0 fully saturated rings. The van der Waals surface area contributed by atoms with Crippen molar-refractivity contribution in [2.45, 2.75) is 62.7 Å². The molecule has 0 bridgehead atoms. The van der Waals surface area contributed by atoms with Crippen LogP contribution < -0.4 is 44.6 Å². The van der Waals surface area contributed by atoms with Crippen LogP contribution in [-0.2, 0) is 30.4 Å². The van der Waals surface area contributed by atoms with Crippen molar-refractivity contribution in [1.29, 1.82) is 0 Å². The van der Waals surface area contributed by atoms with Crippen LogP contribution in [0.25, 0.3) is 0 Å². The largest absolute Gasteiger partial charge is 0.481 e. The summed E-state index contributed by atoms with van der Waals surface area (Å²) in [5, 5.41) is 25.8. The standard InChI is InChI=1S/C22H38N12O7/c23-12(7-11-9-28-10-31-11)17(37)32-13(3-1-5-29-21(24)25)18(38)34-15(8-16(35)36)19(39)33-14(20(40)41)4-2-6-30-22(26)27/h9-10,12-15H,1-8,23H2,(H,28,31)(H,32,37)(H,33,39)(H,34,38)(H,35,36)(H,40,41)(H4,24,25,29)(H4,26,27,30). The van der Waals surface area contributed by atoms with E-state index in [0.717, 1.165) is 0 Å². The normalized spacial score (nSPS) is 13.5. The molecule has 4 unspecified atom stereocenters. The van der Waals surface area contributed by atoms with Crippen molar-refractivity contribution in [2.75, 3.05) is 13.1 Å². The Labute approximate surface area is 234 Å². The minimum Gasteiger partial charge on any atom is -0.481 e. The number of aromatic amines is 1. The highest BCUT2D eigenvalue weighted by molar-refractivity contribution is 5.95. The Hall–Kier alpha value is -4.94. The summed E-state index contributed by atoms with van der Waals surface area (Å²) in [6.07, 6.45) is 2.42. The fourth-order valence-corrected chi connectivity index (χ4v) is 3.47. The number of nitrogens with one attached hydrogen (secondary N) is 4. The molecule has 0 radical (unpaired) electrons. The number of aliphatic imine (C=N–C) groups is 2. The number of H-pyrrole nitrogens is 1. The van der Waals surface area contributed by atoms with Crippen LogP contribution in [0.15, 0.2) is 22.5 Å². The average Bonchev–Trinajstić information content (AvgIpc) is 3.39. The number of amides is 3. The molecule has 0 aromatic carbocycles. The van der Waals surface area contributed by atoms with E-state index in [2.05, 4.69) is 35.9 Å². The molecule has 4 atom stereocenters. The first-order chi connectivity index (χ1) is 19.3. The number of nitrogens with zero attached hydrogens (tertiary/aromatic N) is 3. The second-order valence-corrected chi connectivity index (χ2v) is 8.90. The molecule has 41 heavy (non-hydrogen) atoms. The SMILES string of the molecule is NC(N)=NCCCC(NC(=O)C(CC(=O)O)NC(=O)C(CCCN=C(N)N)NC(=O)C(N)Cc1cnc[nH]1)C(=O)O. The minimum absolute atomic E-state index is 0.00488. The van der Waals surface area contributed by atoms with E-state index < -0.39 is 60.2 Å². The average molecular weight is 583 g/mol. The predicted molar refractivity (Wildman–Crippen MR) is 146 cm³/mol. The fourth-order valence-electron chi connectivity index (χ4n) is 3.47. The number of guanidine groups is 2. The molecule has 1 rings (SSSR count). The van der Waals surface area contributed by atoms with E-state index in [1.54, 1.807) is 0 Å². The highest BCUT2D eigenvalue weighted by Gasteiger charge is 2.31. The van der Waals surface area contributed by atoms with Gasteiger partial charge in [-0.2, -0.15) is 0 Å². The third kappa shape index (κ3) is 14.1. The first kappa shape index (κ1) is 34.1. The Morgan fingerprint density at radius 1 is 0.829 bits per heavy atom. The van der Waals surface area contributed by atoms with Gasteiger partial charge in [0, 0.05) is 31.4 Å². The quantitative estimate of drug-likeness (QED) is 0.0416. The maximum Gasteiger partial charge on any atom is 0.326 e. The number of aliphatic carboxylic acids is 2. The lowest BCUT2D eigenvalue weighted by Crippen LogP contribution is -2.57. The summed E-state index contributed by atoms with van der Waals surface area (Å²) in [4.78, 5) is 76.0. The molecule has 1 heterocycles. The molecule has 0 spiro atoms. The smallest absolute Gasteiger partial charge is 0.326 e. The van der Waals surface area contributed by atoms with E-state index in [0.29, 0.717) is 5.69 Å². The van der Waals surface area contributed by atoms with Gasteiger partial charge < -0.3 is 59.8 Å². The van der Waals surface area contributed by atoms with Crippen LogP contribution in [0.4, 0.5) is 0 Å². The van der Waals surface area contributed by atoms with E-state index in [4.69, 9.17) is 28.7 Å². The van der Waals surface area contributed by atoms with E-state index in [9.17, 15) is 34.2 Å². The zero-order valence-electron chi connectivity index (χ0n) is 22.3. The van der Waals surface area contributed by atoms with Crippen molar-refractivity contribution in [3.63, 3.8) is 0 Å². The number of carbonyl (C=O) groups is 5.